The van der Waals surface area contributed by atoms with Crippen LogP contribution in [0.15, 0.2) is 0 Å². The monoisotopic (exact) mass is 255 g/mol. The van der Waals surface area contributed by atoms with Crippen LogP contribution in [-0.2, 0) is 14.3 Å². The van der Waals surface area contributed by atoms with E-state index in [1.807, 2.05) is 4.90 Å². The van der Waals surface area contributed by atoms with Gasteiger partial charge in [0.2, 0.25) is 5.91 Å². The maximum absolute atomic E-state index is 12.3. The number of aliphatic hydroxyl groups excluding tert-OH is 1. The molecule has 1 unspecified atom stereocenters. The van der Waals surface area contributed by atoms with Crippen molar-refractivity contribution in [2.75, 3.05) is 26.3 Å². The molecule has 1 saturated carbocycles. The van der Waals surface area contributed by atoms with Crippen LogP contribution >= 0.6 is 0 Å². The SMILES string of the molecule is O=C(C1CCC2(CC1)OCCO2)N1CCC(O)C1. The first-order valence-electron chi connectivity index (χ1n) is 6.93. The first-order chi connectivity index (χ1) is 8.69. The molecule has 0 bridgehead atoms. The normalized spacial score (nSPS) is 32.3. The van der Waals surface area contributed by atoms with E-state index in [-0.39, 0.29) is 23.7 Å². The fourth-order valence-electron chi connectivity index (χ4n) is 3.29. The molecule has 2 saturated heterocycles. The van der Waals surface area contributed by atoms with Crippen LogP contribution < -0.4 is 0 Å². The molecule has 5 nitrogen and oxygen atoms in total. The van der Waals surface area contributed by atoms with Gasteiger partial charge in [-0.3, -0.25) is 4.79 Å². The van der Waals surface area contributed by atoms with Gasteiger partial charge in [0.1, 0.15) is 0 Å². The van der Waals surface area contributed by atoms with Crippen molar-refractivity contribution in [2.24, 2.45) is 5.92 Å². The summed E-state index contributed by atoms with van der Waals surface area (Å²) in [5.74, 6) is -0.0884. The number of hydrogen-bond donors (Lipinski definition) is 1. The number of ether oxygens (including phenoxy) is 2. The largest absolute Gasteiger partial charge is 0.391 e. The van der Waals surface area contributed by atoms with Crippen LogP contribution in [0.3, 0.4) is 0 Å². The van der Waals surface area contributed by atoms with Gasteiger partial charge in [-0.15, -0.1) is 0 Å². The lowest BCUT2D eigenvalue weighted by molar-refractivity contribution is -0.185. The molecule has 0 aromatic heterocycles. The lowest BCUT2D eigenvalue weighted by Gasteiger charge is -2.36. The summed E-state index contributed by atoms with van der Waals surface area (Å²) in [7, 11) is 0. The summed E-state index contributed by atoms with van der Waals surface area (Å²) in [6, 6.07) is 0. The number of β-amino-alcohol motifs (C(OH)–C–C–N with tert-alkyl or cyclic N) is 1. The number of carbonyl (C=O) groups excluding carboxylic acids is 1. The zero-order chi connectivity index (χ0) is 12.6. The third-order valence-electron chi connectivity index (χ3n) is 4.39. The van der Waals surface area contributed by atoms with Crippen LogP contribution in [0.2, 0.25) is 0 Å². The summed E-state index contributed by atoms with van der Waals surface area (Å²) < 4.78 is 11.3. The highest BCUT2D eigenvalue weighted by Gasteiger charge is 2.43. The highest BCUT2D eigenvalue weighted by atomic mass is 16.7. The number of rotatable bonds is 1. The van der Waals surface area contributed by atoms with Gasteiger partial charge in [0.05, 0.1) is 19.3 Å². The van der Waals surface area contributed by atoms with E-state index in [2.05, 4.69) is 0 Å². The topological polar surface area (TPSA) is 59.0 Å². The predicted octanol–water partition coefficient (Wildman–Crippen LogP) is 0.513. The molecule has 2 heterocycles. The second-order valence-corrected chi connectivity index (χ2v) is 5.61. The molecule has 1 spiro atoms. The van der Waals surface area contributed by atoms with Crippen molar-refractivity contribution >= 4 is 5.91 Å². The van der Waals surface area contributed by atoms with Crippen molar-refractivity contribution in [2.45, 2.75) is 44.0 Å². The molecule has 1 amide bonds. The number of carbonyl (C=O) groups is 1. The molecule has 5 heteroatoms. The van der Waals surface area contributed by atoms with Gasteiger partial charge in [0.15, 0.2) is 5.79 Å². The molecular formula is C13H21NO4. The van der Waals surface area contributed by atoms with Gasteiger partial charge in [-0.25, -0.2) is 0 Å². The third-order valence-corrected chi connectivity index (χ3v) is 4.39. The van der Waals surface area contributed by atoms with E-state index in [0.717, 1.165) is 25.7 Å². The van der Waals surface area contributed by atoms with Crippen LogP contribution in [0, 0.1) is 5.92 Å². The molecule has 3 rings (SSSR count). The summed E-state index contributed by atoms with van der Waals surface area (Å²) in [4.78, 5) is 14.1. The Labute approximate surface area is 107 Å². The zero-order valence-electron chi connectivity index (χ0n) is 10.6. The molecule has 1 aliphatic carbocycles. The van der Waals surface area contributed by atoms with Crippen LogP contribution in [-0.4, -0.2) is 54.1 Å². The molecule has 102 valence electrons. The molecule has 1 N–H and O–H groups in total. The molecule has 0 aromatic rings. The molecule has 2 aliphatic heterocycles. The number of likely N-dealkylation sites (tertiary alicyclic amines) is 1. The van der Waals surface area contributed by atoms with E-state index in [1.165, 1.54) is 0 Å². The zero-order valence-corrected chi connectivity index (χ0v) is 10.6. The fraction of sp³-hybridized carbons (Fsp3) is 0.923. The van der Waals surface area contributed by atoms with Gasteiger partial charge >= 0.3 is 0 Å². The van der Waals surface area contributed by atoms with Gasteiger partial charge in [-0.2, -0.15) is 0 Å². The average molecular weight is 255 g/mol. The highest BCUT2D eigenvalue weighted by molar-refractivity contribution is 5.79. The Bertz CT molecular complexity index is 317. The number of amides is 1. The standard InChI is InChI=1S/C13H21NO4/c15-11-3-6-14(9-11)12(16)10-1-4-13(5-2-10)17-7-8-18-13/h10-11,15H,1-9H2. The van der Waals surface area contributed by atoms with Crippen molar-refractivity contribution < 1.29 is 19.4 Å². The number of hydrogen-bond acceptors (Lipinski definition) is 4. The summed E-state index contributed by atoms with van der Waals surface area (Å²) in [5, 5.41) is 9.48. The summed E-state index contributed by atoms with van der Waals surface area (Å²) in [5.41, 5.74) is 0. The van der Waals surface area contributed by atoms with E-state index >= 15 is 0 Å². The van der Waals surface area contributed by atoms with E-state index in [1.54, 1.807) is 0 Å². The lowest BCUT2D eigenvalue weighted by atomic mass is 9.84. The Morgan fingerprint density at radius 1 is 1.17 bits per heavy atom. The van der Waals surface area contributed by atoms with Crippen molar-refractivity contribution in [3.05, 3.63) is 0 Å². The highest BCUT2D eigenvalue weighted by Crippen LogP contribution is 2.39. The molecule has 3 fully saturated rings. The maximum Gasteiger partial charge on any atom is 0.225 e. The summed E-state index contributed by atoms with van der Waals surface area (Å²) >= 11 is 0. The van der Waals surface area contributed by atoms with Crippen LogP contribution in [0.1, 0.15) is 32.1 Å². The summed E-state index contributed by atoms with van der Waals surface area (Å²) in [6.45, 7) is 2.57. The smallest absolute Gasteiger partial charge is 0.225 e. The van der Waals surface area contributed by atoms with Crippen molar-refractivity contribution in [1.29, 1.82) is 0 Å². The Hall–Kier alpha value is -0.650. The van der Waals surface area contributed by atoms with Crippen LogP contribution in [0.4, 0.5) is 0 Å². The molecule has 18 heavy (non-hydrogen) atoms. The third kappa shape index (κ3) is 2.27. The van der Waals surface area contributed by atoms with Crippen LogP contribution in [0.5, 0.6) is 0 Å². The molecule has 0 aromatic carbocycles. The quantitative estimate of drug-likeness (QED) is 0.742. The van der Waals surface area contributed by atoms with Gasteiger partial charge < -0.3 is 19.5 Å². The molecule has 0 radical (unpaired) electrons. The number of nitrogens with zero attached hydrogens (tertiary/aromatic N) is 1. The average Bonchev–Trinajstić information content (AvgIpc) is 3.00. The van der Waals surface area contributed by atoms with Gasteiger partial charge in [0, 0.05) is 31.8 Å². The van der Waals surface area contributed by atoms with E-state index in [9.17, 15) is 9.90 Å². The molecule has 1 atom stereocenters. The minimum Gasteiger partial charge on any atom is -0.391 e. The van der Waals surface area contributed by atoms with Crippen LogP contribution in [0.25, 0.3) is 0 Å². The van der Waals surface area contributed by atoms with Crippen molar-refractivity contribution in [1.82, 2.24) is 4.90 Å². The summed E-state index contributed by atoms with van der Waals surface area (Å²) in [6.07, 6.45) is 3.70. The maximum atomic E-state index is 12.3. The van der Waals surface area contributed by atoms with E-state index in [4.69, 9.17) is 9.47 Å². The number of aliphatic hydroxyl groups is 1. The Morgan fingerprint density at radius 2 is 1.83 bits per heavy atom. The Morgan fingerprint density at radius 3 is 2.39 bits per heavy atom. The van der Waals surface area contributed by atoms with Crippen molar-refractivity contribution in [3.8, 4) is 0 Å². The Balaban J connectivity index is 1.54. The van der Waals surface area contributed by atoms with E-state index in [0.29, 0.717) is 32.7 Å². The predicted molar refractivity (Wildman–Crippen MR) is 63.8 cm³/mol. The molecular weight excluding hydrogens is 234 g/mol. The van der Waals surface area contributed by atoms with E-state index < -0.39 is 0 Å². The Kier molecular flexibility index (Phi) is 3.30. The van der Waals surface area contributed by atoms with Gasteiger partial charge in [-0.1, -0.05) is 0 Å². The minimum atomic E-state index is -0.388. The fourth-order valence-corrected chi connectivity index (χ4v) is 3.29. The second-order valence-electron chi connectivity index (χ2n) is 5.61. The van der Waals surface area contributed by atoms with Gasteiger partial charge in [0.25, 0.3) is 0 Å². The van der Waals surface area contributed by atoms with Gasteiger partial charge in [-0.05, 0) is 19.3 Å². The van der Waals surface area contributed by atoms with Crippen molar-refractivity contribution in [3.63, 3.8) is 0 Å². The lowest BCUT2D eigenvalue weighted by Crippen LogP contribution is -2.41. The first-order valence-corrected chi connectivity index (χ1v) is 6.93. The minimum absolute atomic E-state index is 0.0914. The molecule has 3 aliphatic rings. The first kappa shape index (κ1) is 12.4. The second kappa shape index (κ2) is 4.79.